The number of hydrogen-bond donors (Lipinski definition) is 1. The zero-order valence-corrected chi connectivity index (χ0v) is 20.6. The summed E-state index contributed by atoms with van der Waals surface area (Å²) in [5, 5.41) is 0.494. The fourth-order valence-electron chi connectivity index (χ4n) is 3.35. The van der Waals surface area contributed by atoms with Gasteiger partial charge in [-0.05, 0) is 35.7 Å². The van der Waals surface area contributed by atoms with Gasteiger partial charge in [0.15, 0.2) is 0 Å². The van der Waals surface area contributed by atoms with Crippen molar-refractivity contribution in [2.45, 2.75) is 31.8 Å². The monoisotopic (exact) mass is 465 g/mol. The fraction of sp³-hybridized carbons (Fsp3) is 0.320. The lowest BCUT2D eigenvalue weighted by molar-refractivity contribution is 0.493. The molecule has 0 aliphatic carbocycles. The molecule has 0 saturated carbocycles. The molecule has 0 spiro atoms. The summed E-state index contributed by atoms with van der Waals surface area (Å²) in [4.78, 5) is 33.7. The van der Waals surface area contributed by atoms with Crippen molar-refractivity contribution in [2.24, 2.45) is 18.0 Å². The van der Waals surface area contributed by atoms with Crippen molar-refractivity contribution in [3.63, 3.8) is 0 Å². The third-order valence-electron chi connectivity index (χ3n) is 5.16. The average molecular weight is 466 g/mol. The van der Waals surface area contributed by atoms with Gasteiger partial charge < -0.3 is 10.6 Å². The molecule has 0 bridgehead atoms. The molecule has 0 unspecified atom stereocenters. The first-order chi connectivity index (χ1) is 15.7. The molecule has 1 heterocycles. The standard InChI is InChI=1S/C25H31N5O2S/c1-17(2)16-30-22(26)21(24(31)29(5)25(30)32)23(33-20-9-7-6-8-10-20)27-15-18-11-13-19(14-12-18)28(3)4/h6-14,17H,15-16,26H2,1-5H3. The number of aromatic nitrogens is 2. The number of benzene rings is 2. The largest absolute Gasteiger partial charge is 0.384 e. The van der Waals surface area contributed by atoms with Gasteiger partial charge in [0.25, 0.3) is 5.56 Å². The Labute approximate surface area is 198 Å². The van der Waals surface area contributed by atoms with Gasteiger partial charge in [-0.1, -0.05) is 55.9 Å². The van der Waals surface area contributed by atoms with Gasteiger partial charge in [-0.15, -0.1) is 0 Å². The van der Waals surface area contributed by atoms with Crippen molar-refractivity contribution in [3.05, 3.63) is 86.6 Å². The molecule has 33 heavy (non-hydrogen) atoms. The highest BCUT2D eigenvalue weighted by molar-refractivity contribution is 8.14. The molecular formula is C25H31N5O2S. The van der Waals surface area contributed by atoms with Crippen molar-refractivity contribution >= 4 is 28.3 Å². The second-order valence-electron chi connectivity index (χ2n) is 8.51. The quantitative estimate of drug-likeness (QED) is 0.327. The van der Waals surface area contributed by atoms with Crippen molar-refractivity contribution in [2.75, 3.05) is 24.7 Å². The molecule has 0 saturated heterocycles. The number of hydrogen-bond acceptors (Lipinski definition) is 6. The van der Waals surface area contributed by atoms with E-state index in [-0.39, 0.29) is 17.3 Å². The lowest BCUT2D eigenvalue weighted by Gasteiger charge is -2.17. The first kappa shape index (κ1) is 24.4. The Morgan fingerprint density at radius 2 is 1.70 bits per heavy atom. The van der Waals surface area contributed by atoms with Crippen LogP contribution < -0.4 is 21.9 Å². The predicted octanol–water partition coefficient (Wildman–Crippen LogP) is 3.59. The summed E-state index contributed by atoms with van der Waals surface area (Å²) in [5.41, 5.74) is 7.94. The van der Waals surface area contributed by atoms with Gasteiger partial charge in [0.05, 0.1) is 6.54 Å². The molecule has 0 atom stereocenters. The molecule has 1 aromatic heterocycles. The molecule has 0 radical (unpaired) electrons. The van der Waals surface area contributed by atoms with Crippen molar-refractivity contribution in [1.82, 2.24) is 9.13 Å². The molecule has 7 nitrogen and oxygen atoms in total. The Hall–Kier alpha value is -3.26. The number of nitrogen functional groups attached to an aromatic ring is 1. The van der Waals surface area contributed by atoms with E-state index in [0.29, 0.717) is 18.1 Å². The van der Waals surface area contributed by atoms with Gasteiger partial charge in [-0.3, -0.25) is 18.9 Å². The van der Waals surface area contributed by atoms with E-state index in [0.717, 1.165) is 20.7 Å². The summed E-state index contributed by atoms with van der Waals surface area (Å²) in [6.07, 6.45) is 0. The van der Waals surface area contributed by atoms with Crippen LogP contribution in [0.15, 0.2) is 74.1 Å². The summed E-state index contributed by atoms with van der Waals surface area (Å²) in [6.45, 7) is 4.80. The Kier molecular flexibility index (Phi) is 7.81. The highest BCUT2D eigenvalue weighted by Gasteiger charge is 2.21. The van der Waals surface area contributed by atoms with Gasteiger partial charge in [0, 0.05) is 38.3 Å². The third kappa shape index (κ3) is 5.76. The number of anilines is 2. The Morgan fingerprint density at radius 3 is 2.27 bits per heavy atom. The molecule has 2 N–H and O–H groups in total. The van der Waals surface area contributed by atoms with E-state index < -0.39 is 11.2 Å². The molecule has 0 aliphatic heterocycles. The number of nitrogens with two attached hydrogens (primary N) is 1. The normalized spacial score (nSPS) is 11.8. The molecule has 8 heteroatoms. The summed E-state index contributed by atoms with van der Waals surface area (Å²) in [5.74, 6) is 0.342. The zero-order valence-electron chi connectivity index (χ0n) is 19.8. The van der Waals surface area contributed by atoms with Gasteiger partial charge in [0.1, 0.15) is 16.4 Å². The number of thioether (sulfide) groups is 1. The summed E-state index contributed by atoms with van der Waals surface area (Å²) in [7, 11) is 5.47. The predicted molar refractivity (Wildman–Crippen MR) is 139 cm³/mol. The number of aliphatic imine (C=N–C) groups is 1. The second-order valence-corrected chi connectivity index (χ2v) is 9.57. The summed E-state index contributed by atoms with van der Waals surface area (Å²) in [6, 6.07) is 17.8. The Bertz CT molecular complexity index is 1240. The fourth-order valence-corrected chi connectivity index (χ4v) is 4.29. The minimum atomic E-state index is -0.442. The van der Waals surface area contributed by atoms with Gasteiger partial charge in [-0.2, -0.15) is 0 Å². The van der Waals surface area contributed by atoms with Crippen LogP contribution in [0, 0.1) is 5.92 Å². The van der Waals surface area contributed by atoms with E-state index in [2.05, 4.69) is 0 Å². The summed E-state index contributed by atoms with van der Waals surface area (Å²) < 4.78 is 2.58. The van der Waals surface area contributed by atoms with Crippen LogP contribution >= 0.6 is 11.8 Å². The molecule has 0 amide bonds. The molecule has 0 aliphatic rings. The third-order valence-corrected chi connectivity index (χ3v) is 6.20. The van der Waals surface area contributed by atoms with Gasteiger partial charge in [-0.25, -0.2) is 4.79 Å². The minimum absolute atomic E-state index is 0.155. The lowest BCUT2D eigenvalue weighted by Crippen LogP contribution is -2.43. The van der Waals surface area contributed by atoms with E-state index in [1.54, 1.807) is 0 Å². The molecular weight excluding hydrogens is 434 g/mol. The van der Waals surface area contributed by atoms with E-state index >= 15 is 0 Å². The molecule has 3 aromatic rings. The minimum Gasteiger partial charge on any atom is -0.384 e. The van der Waals surface area contributed by atoms with Crippen molar-refractivity contribution < 1.29 is 0 Å². The second kappa shape index (κ2) is 10.6. The Morgan fingerprint density at radius 1 is 1.06 bits per heavy atom. The van der Waals surface area contributed by atoms with Crippen LogP contribution in [0.5, 0.6) is 0 Å². The maximum Gasteiger partial charge on any atom is 0.332 e. The maximum atomic E-state index is 13.2. The van der Waals surface area contributed by atoms with E-state index in [1.165, 1.54) is 23.4 Å². The van der Waals surface area contributed by atoms with Crippen LogP contribution in [0.25, 0.3) is 0 Å². The summed E-state index contributed by atoms with van der Waals surface area (Å²) >= 11 is 1.37. The van der Waals surface area contributed by atoms with Crippen molar-refractivity contribution in [3.8, 4) is 0 Å². The Balaban J connectivity index is 2.11. The maximum absolute atomic E-state index is 13.2. The molecule has 174 valence electrons. The number of rotatable bonds is 7. The van der Waals surface area contributed by atoms with Crippen LogP contribution in [0.1, 0.15) is 25.0 Å². The topological polar surface area (TPSA) is 85.6 Å². The highest BCUT2D eigenvalue weighted by atomic mass is 32.2. The first-order valence-corrected chi connectivity index (χ1v) is 11.6. The molecule has 2 aromatic carbocycles. The lowest BCUT2D eigenvalue weighted by atomic mass is 10.2. The zero-order chi connectivity index (χ0) is 24.1. The van der Waals surface area contributed by atoms with Gasteiger partial charge in [0.2, 0.25) is 0 Å². The van der Waals surface area contributed by atoms with Crippen LogP contribution in [0.3, 0.4) is 0 Å². The van der Waals surface area contributed by atoms with Crippen LogP contribution in [0.4, 0.5) is 11.5 Å². The van der Waals surface area contributed by atoms with E-state index in [4.69, 9.17) is 10.7 Å². The van der Waals surface area contributed by atoms with E-state index in [1.807, 2.05) is 87.4 Å². The van der Waals surface area contributed by atoms with Crippen LogP contribution in [0.2, 0.25) is 0 Å². The smallest absolute Gasteiger partial charge is 0.332 e. The van der Waals surface area contributed by atoms with E-state index in [9.17, 15) is 9.59 Å². The molecule has 3 rings (SSSR count). The molecule has 0 fully saturated rings. The number of nitrogens with zero attached hydrogens (tertiary/aromatic N) is 4. The van der Waals surface area contributed by atoms with Crippen LogP contribution in [-0.2, 0) is 20.1 Å². The van der Waals surface area contributed by atoms with Crippen LogP contribution in [-0.4, -0.2) is 28.3 Å². The van der Waals surface area contributed by atoms with Crippen molar-refractivity contribution in [1.29, 1.82) is 0 Å². The first-order valence-electron chi connectivity index (χ1n) is 10.8. The SMILES string of the molecule is CC(C)Cn1c(N)c(C(=NCc2ccc(N(C)C)cc2)Sc2ccccc2)c(=O)n(C)c1=O. The van der Waals surface area contributed by atoms with Gasteiger partial charge >= 0.3 is 5.69 Å². The highest BCUT2D eigenvalue weighted by Crippen LogP contribution is 2.25. The average Bonchev–Trinajstić information content (AvgIpc) is 2.79.